The maximum Gasteiger partial charge on any atom is 0.118 e. The molecule has 1 rings (SSSR count). The Kier molecular flexibility index (Phi) is 6.80. The van der Waals surface area contributed by atoms with Crippen LogP contribution in [-0.4, -0.2) is 47.6 Å². The third-order valence-corrected chi connectivity index (χ3v) is 3.00. The van der Waals surface area contributed by atoms with Crippen molar-refractivity contribution in [3.63, 3.8) is 0 Å². The Morgan fingerprint density at radius 1 is 1.16 bits per heavy atom. The molecule has 0 heterocycles. The first-order valence-corrected chi connectivity index (χ1v) is 6.48. The molecule has 3 N–H and O–H groups in total. The van der Waals surface area contributed by atoms with Crippen LogP contribution < -0.4 is 10.2 Å². The van der Waals surface area contributed by atoms with Crippen LogP contribution in [0.15, 0.2) is 24.3 Å². The molecule has 0 fully saturated rings. The van der Waals surface area contributed by atoms with Crippen LogP contribution in [0.5, 0.6) is 5.75 Å². The average molecular weight is 268 g/mol. The van der Waals surface area contributed by atoms with E-state index in [9.17, 15) is 10.2 Å². The molecule has 1 aromatic rings. The monoisotopic (exact) mass is 268 g/mol. The van der Waals surface area contributed by atoms with Crippen molar-refractivity contribution in [2.75, 3.05) is 20.3 Å². The van der Waals surface area contributed by atoms with Gasteiger partial charge in [-0.3, -0.25) is 5.43 Å². The molecule has 19 heavy (non-hydrogen) atoms. The fourth-order valence-electron chi connectivity index (χ4n) is 1.89. The molecule has 0 spiro atoms. The Morgan fingerprint density at radius 3 is 2.16 bits per heavy atom. The van der Waals surface area contributed by atoms with Gasteiger partial charge in [0.05, 0.1) is 26.4 Å². The summed E-state index contributed by atoms with van der Waals surface area (Å²) in [6.45, 7) is 4.51. The Balaban J connectivity index is 2.59. The van der Waals surface area contributed by atoms with E-state index in [-0.39, 0.29) is 25.3 Å². The summed E-state index contributed by atoms with van der Waals surface area (Å²) in [6.07, 6.45) is 0. The number of benzene rings is 1. The van der Waals surface area contributed by atoms with Gasteiger partial charge in [-0.1, -0.05) is 12.1 Å². The summed E-state index contributed by atoms with van der Waals surface area (Å²) in [7, 11) is 1.64. The molecule has 0 unspecified atom stereocenters. The molecule has 0 atom stereocenters. The lowest BCUT2D eigenvalue weighted by Gasteiger charge is -2.33. The van der Waals surface area contributed by atoms with E-state index in [1.165, 1.54) is 0 Å². The smallest absolute Gasteiger partial charge is 0.118 e. The van der Waals surface area contributed by atoms with Crippen LogP contribution in [0.25, 0.3) is 0 Å². The van der Waals surface area contributed by atoms with E-state index in [2.05, 4.69) is 5.43 Å². The summed E-state index contributed by atoms with van der Waals surface area (Å²) >= 11 is 0. The summed E-state index contributed by atoms with van der Waals surface area (Å²) < 4.78 is 5.11. The third-order valence-electron chi connectivity index (χ3n) is 3.00. The van der Waals surface area contributed by atoms with Crippen molar-refractivity contribution in [2.24, 2.45) is 0 Å². The van der Waals surface area contributed by atoms with Gasteiger partial charge in [0.1, 0.15) is 5.75 Å². The van der Waals surface area contributed by atoms with E-state index in [1.54, 1.807) is 7.11 Å². The Hall–Kier alpha value is -1.14. The molecule has 108 valence electrons. The van der Waals surface area contributed by atoms with Crippen molar-refractivity contribution >= 4 is 0 Å². The number of ether oxygens (including phenoxy) is 1. The normalized spacial score (nSPS) is 11.6. The molecule has 1 aromatic carbocycles. The summed E-state index contributed by atoms with van der Waals surface area (Å²) in [4.78, 5) is 0. The molecule has 0 aliphatic rings. The minimum Gasteiger partial charge on any atom is -0.497 e. The highest BCUT2D eigenvalue weighted by Gasteiger charge is 2.19. The number of aliphatic hydroxyl groups excluding tert-OH is 2. The number of rotatable bonds is 8. The van der Waals surface area contributed by atoms with Crippen LogP contribution in [0, 0.1) is 0 Å². The van der Waals surface area contributed by atoms with Crippen molar-refractivity contribution in [3.8, 4) is 5.75 Å². The second kappa shape index (κ2) is 8.12. The van der Waals surface area contributed by atoms with Gasteiger partial charge in [-0.2, -0.15) is 0 Å². The topological polar surface area (TPSA) is 65.0 Å². The molecular formula is C14H24N2O3. The maximum absolute atomic E-state index is 9.25. The quantitative estimate of drug-likeness (QED) is 0.608. The van der Waals surface area contributed by atoms with Gasteiger partial charge in [0.25, 0.3) is 0 Å². The predicted molar refractivity (Wildman–Crippen MR) is 74.8 cm³/mol. The lowest BCUT2D eigenvalue weighted by atomic mass is 10.2. The zero-order valence-electron chi connectivity index (χ0n) is 11.8. The second-order valence-corrected chi connectivity index (χ2v) is 4.70. The van der Waals surface area contributed by atoms with Crippen molar-refractivity contribution in [3.05, 3.63) is 29.8 Å². The van der Waals surface area contributed by atoms with Crippen LogP contribution in [-0.2, 0) is 6.54 Å². The van der Waals surface area contributed by atoms with E-state index in [1.807, 2.05) is 43.1 Å². The van der Waals surface area contributed by atoms with Crippen LogP contribution in [0.2, 0.25) is 0 Å². The van der Waals surface area contributed by atoms with Gasteiger partial charge < -0.3 is 14.9 Å². The molecule has 0 radical (unpaired) electrons. The highest BCUT2D eigenvalue weighted by atomic mass is 16.5. The molecule has 5 heteroatoms. The molecule has 0 aromatic heterocycles. The zero-order chi connectivity index (χ0) is 14.3. The number of nitrogens with zero attached hydrogens (tertiary/aromatic N) is 1. The lowest BCUT2D eigenvalue weighted by Crippen LogP contribution is -2.52. The average Bonchev–Trinajstić information content (AvgIpc) is 2.43. The number of nitrogens with one attached hydrogen (secondary N) is 1. The van der Waals surface area contributed by atoms with E-state index in [0.717, 1.165) is 11.3 Å². The van der Waals surface area contributed by atoms with Crippen LogP contribution >= 0.6 is 0 Å². The number of aliphatic hydroxyl groups is 2. The van der Waals surface area contributed by atoms with Crippen molar-refractivity contribution in [1.82, 2.24) is 10.4 Å². The van der Waals surface area contributed by atoms with Crippen molar-refractivity contribution in [2.45, 2.75) is 32.5 Å². The SMILES string of the molecule is COc1ccc(CNN(C(C)C)C(CO)CO)cc1. The van der Waals surface area contributed by atoms with Gasteiger partial charge in [-0.15, -0.1) is 0 Å². The first-order valence-electron chi connectivity index (χ1n) is 6.48. The minimum absolute atomic E-state index is 0.0791. The molecule has 0 saturated heterocycles. The Morgan fingerprint density at radius 2 is 1.74 bits per heavy atom. The zero-order valence-corrected chi connectivity index (χ0v) is 11.8. The lowest BCUT2D eigenvalue weighted by molar-refractivity contribution is 0.0125. The van der Waals surface area contributed by atoms with Gasteiger partial charge in [0, 0.05) is 12.6 Å². The summed E-state index contributed by atoms with van der Waals surface area (Å²) in [5.41, 5.74) is 4.36. The molecular weight excluding hydrogens is 244 g/mol. The first kappa shape index (κ1) is 15.9. The van der Waals surface area contributed by atoms with Crippen molar-refractivity contribution in [1.29, 1.82) is 0 Å². The third kappa shape index (κ3) is 4.80. The van der Waals surface area contributed by atoms with E-state index in [4.69, 9.17) is 4.74 Å². The predicted octanol–water partition coefficient (Wildman–Crippen LogP) is 0.763. The van der Waals surface area contributed by atoms with Crippen LogP contribution in [0.1, 0.15) is 19.4 Å². The fraction of sp³-hybridized carbons (Fsp3) is 0.571. The Labute approximate surface area is 114 Å². The number of hydrogen-bond donors (Lipinski definition) is 3. The van der Waals surface area contributed by atoms with Gasteiger partial charge in [0.15, 0.2) is 0 Å². The van der Waals surface area contributed by atoms with Gasteiger partial charge >= 0.3 is 0 Å². The van der Waals surface area contributed by atoms with Gasteiger partial charge in [-0.25, -0.2) is 5.01 Å². The summed E-state index contributed by atoms with van der Waals surface area (Å²) in [6, 6.07) is 7.67. The molecule has 5 nitrogen and oxygen atoms in total. The summed E-state index contributed by atoms with van der Waals surface area (Å²) in [5.74, 6) is 0.827. The van der Waals surface area contributed by atoms with E-state index >= 15 is 0 Å². The highest BCUT2D eigenvalue weighted by molar-refractivity contribution is 5.26. The largest absolute Gasteiger partial charge is 0.497 e. The fourth-order valence-corrected chi connectivity index (χ4v) is 1.89. The number of hydrazine groups is 1. The molecule has 0 aliphatic heterocycles. The minimum atomic E-state index is -0.293. The van der Waals surface area contributed by atoms with Crippen LogP contribution in [0.4, 0.5) is 0 Å². The van der Waals surface area contributed by atoms with Crippen LogP contribution in [0.3, 0.4) is 0 Å². The molecule has 0 saturated carbocycles. The van der Waals surface area contributed by atoms with Gasteiger partial charge in [0.2, 0.25) is 0 Å². The summed E-state index contributed by atoms with van der Waals surface area (Å²) in [5, 5.41) is 20.4. The maximum atomic E-state index is 9.25. The second-order valence-electron chi connectivity index (χ2n) is 4.70. The highest BCUT2D eigenvalue weighted by Crippen LogP contribution is 2.11. The van der Waals surface area contributed by atoms with Crippen molar-refractivity contribution < 1.29 is 14.9 Å². The number of hydrogen-bond acceptors (Lipinski definition) is 5. The molecule has 0 bridgehead atoms. The standard InChI is InChI=1S/C14H24N2O3/c1-11(2)16(13(9-17)10-18)15-8-12-4-6-14(19-3)7-5-12/h4-7,11,13,15,17-18H,8-10H2,1-3H3. The Bertz CT molecular complexity index is 350. The molecule has 0 aliphatic carbocycles. The van der Waals surface area contributed by atoms with E-state index < -0.39 is 0 Å². The van der Waals surface area contributed by atoms with Gasteiger partial charge in [-0.05, 0) is 31.5 Å². The first-order chi connectivity index (χ1) is 9.12. The number of methoxy groups -OCH3 is 1. The molecule has 0 amide bonds. The van der Waals surface area contributed by atoms with E-state index in [0.29, 0.717) is 6.54 Å².